The maximum Gasteiger partial charge on any atom is 0.166 e. The Morgan fingerprint density at radius 1 is 0.944 bits per heavy atom. The standard InChI is InChI=1S/C13H11N3O2/c17-12-3-1-2-11(13(12)18)9-16-15-8-10-4-6-14-7-5-10/h1-9,17-18H/b15-8+,16-9+. The Balaban J connectivity index is 2.08. The molecule has 0 amide bonds. The number of phenolic OH excluding ortho intramolecular Hbond substituents is 2. The van der Waals surface area contributed by atoms with Crippen LogP contribution < -0.4 is 0 Å². The number of aromatic hydroxyl groups is 2. The van der Waals surface area contributed by atoms with Gasteiger partial charge in [0.05, 0.1) is 12.4 Å². The van der Waals surface area contributed by atoms with Gasteiger partial charge in [-0.05, 0) is 29.8 Å². The van der Waals surface area contributed by atoms with E-state index in [9.17, 15) is 10.2 Å². The Hall–Kier alpha value is -2.69. The van der Waals surface area contributed by atoms with Crippen molar-refractivity contribution in [2.24, 2.45) is 10.2 Å². The minimum Gasteiger partial charge on any atom is -0.504 e. The number of hydrogen-bond acceptors (Lipinski definition) is 5. The molecule has 0 radical (unpaired) electrons. The fraction of sp³-hybridized carbons (Fsp3) is 0. The molecule has 90 valence electrons. The number of pyridine rings is 1. The molecule has 0 aliphatic rings. The lowest BCUT2D eigenvalue weighted by molar-refractivity contribution is 0.403. The summed E-state index contributed by atoms with van der Waals surface area (Å²) >= 11 is 0. The van der Waals surface area contributed by atoms with Gasteiger partial charge in [-0.2, -0.15) is 10.2 Å². The molecule has 2 N–H and O–H groups in total. The van der Waals surface area contributed by atoms with Gasteiger partial charge in [-0.15, -0.1) is 0 Å². The van der Waals surface area contributed by atoms with Gasteiger partial charge in [0.15, 0.2) is 11.5 Å². The summed E-state index contributed by atoms with van der Waals surface area (Å²) in [5, 5.41) is 26.4. The highest BCUT2D eigenvalue weighted by Gasteiger charge is 2.01. The molecule has 0 aliphatic carbocycles. The Labute approximate surface area is 104 Å². The summed E-state index contributed by atoms with van der Waals surface area (Å²) in [5.41, 5.74) is 1.28. The van der Waals surface area contributed by atoms with Gasteiger partial charge in [0.1, 0.15) is 0 Å². The molecule has 0 saturated heterocycles. The molecule has 0 unspecified atom stereocenters. The Bertz CT molecular complexity index is 580. The van der Waals surface area contributed by atoms with Gasteiger partial charge >= 0.3 is 0 Å². The number of aromatic nitrogens is 1. The first-order chi connectivity index (χ1) is 8.77. The lowest BCUT2D eigenvalue weighted by Gasteiger charge is -1.98. The molecular weight excluding hydrogens is 230 g/mol. The van der Waals surface area contributed by atoms with E-state index in [2.05, 4.69) is 15.2 Å². The summed E-state index contributed by atoms with van der Waals surface area (Å²) in [6, 6.07) is 8.23. The SMILES string of the molecule is Oc1cccc(/C=N/N=C/c2ccncc2)c1O. The number of hydrogen-bond donors (Lipinski definition) is 2. The zero-order valence-corrected chi connectivity index (χ0v) is 9.43. The molecule has 0 fully saturated rings. The van der Waals surface area contributed by atoms with Crippen molar-refractivity contribution in [2.45, 2.75) is 0 Å². The van der Waals surface area contributed by atoms with Crippen LogP contribution in [0.15, 0.2) is 52.9 Å². The highest BCUT2D eigenvalue weighted by molar-refractivity contribution is 5.85. The van der Waals surface area contributed by atoms with Crippen LogP contribution in [0.2, 0.25) is 0 Å². The first kappa shape index (κ1) is 11.8. The Kier molecular flexibility index (Phi) is 3.66. The molecule has 0 atom stereocenters. The number of para-hydroxylation sites is 1. The third-order valence-electron chi connectivity index (χ3n) is 2.22. The van der Waals surface area contributed by atoms with Crippen LogP contribution in [-0.2, 0) is 0 Å². The zero-order chi connectivity index (χ0) is 12.8. The van der Waals surface area contributed by atoms with E-state index in [0.29, 0.717) is 5.56 Å². The van der Waals surface area contributed by atoms with E-state index >= 15 is 0 Å². The average molecular weight is 241 g/mol. The predicted molar refractivity (Wildman–Crippen MR) is 69.2 cm³/mol. The molecule has 1 aromatic carbocycles. The predicted octanol–water partition coefficient (Wildman–Crippen LogP) is 1.95. The van der Waals surface area contributed by atoms with Crippen LogP contribution in [-0.4, -0.2) is 27.6 Å². The van der Waals surface area contributed by atoms with Crippen molar-refractivity contribution >= 4 is 12.4 Å². The highest BCUT2D eigenvalue weighted by Crippen LogP contribution is 2.26. The molecule has 1 aromatic heterocycles. The summed E-state index contributed by atoms with van der Waals surface area (Å²) in [7, 11) is 0. The van der Waals surface area contributed by atoms with Crippen molar-refractivity contribution < 1.29 is 10.2 Å². The third-order valence-corrected chi connectivity index (χ3v) is 2.22. The maximum absolute atomic E-state index is 9.51. The second-order valence-electron chi connectivity index (χ2n) is 3.48. The van der Waals surface area contributed by atoms with Crippen LogP contribution in [0.3, 0.4) is 0 Å². The van der Waals surface area contributed by atoms with E-state index < -0.39 is 0 Å². The van der Waals surface area contributed by atoms with Gasteiger partial charge < -0.3 is 10.2 Å². The number of rotatable bonds is 3. The van der Waals surface area contributed by atoms with Crippen molar-refractivity contribution in [3.05, 3.63) is 53.9 Å². The lowest BCUT2D eigenvalue weighted by Crippen LogP contribution is -1.83. The normalized spacial score (nSPS) is 11.3. The molecule has 18 heavy (non-hydrogen) atoms. The van der Waals surface area contributed by atoms with Crippen LogP contribution in [0.25, 0.3) is 0 Å². The molecule has 5 heteroatoms. The Morgan fingerprint density at radius 3 is 2.44 bits per heavy atom. The van der Waals surface area contributed by atoms with E-state index in [0.717, 1.165) is 5.56 Å². The van der Waals surface area contributed by atoms with Crippen molar-refractivity contribution in [3.63, 3.8) is 0 Å². The van der Waals surface area contributed by atoms with Gasteiger partial charge in [-0.1, -0.05) is 6.07 Å². The van der Waals surface area contributed by atoms with Crippen molar-refractivity contribution in [1.29, 1.82) is 0 Å². The lowest BCUT2D eigenvalue weighted by atomic mass is 10.2. The van der Waals surface area contributed by atoms with E-state index in [4.69, 9.17) is 0 Å². The first-order valence-electron chi connectivity index (χ1n) is 5.25. The summed E-state index contributed by atoms with van der Waals surface area (Å²) in [4.78, 5) is 3.88. The largest absolute Gasteiger partial charge is 0.504 e. The highest BCUT2D eigenvalue weighted by atomic mass is 16.3. The summed E-state index contributed by atoms with van der Waals surface area (Å²) in [5.74, 6) is -0.391. The molecule has 0 spiro atoms. The zero-order valence-electron chi connectivity index (χ0n) is 9.43. The van der Waals surface area contributed by atoms with Gasteiger partial charge in [0.2, 0.25) is 0 Å². The average Bonchev–Trinajstić information content (AvgIpc) is 2.40. The second kappa shape index (κ2) is 5.58. The fourth-order valence-electron chi connectivity index (χ4n) is 1.30. The minimum absolute atomic E-state index is 0.183. The molecule has 0 bridgehead atoms. The van der Waals surface area contributed by atoms with Crippen molar-refractivity contribution in [3.8, 4) is 11.5 Å². The Morgan fingerprint density at radius 2 is 1.67 bits per heavy atom. The summed E-state index contributed by atoms with van der Waals surface area (Å²) < 4.78 is 0. The van der Waals surface area contributed by atoms with Gasteiger partial charge in [-0.25, -0.2) is 0 Å². The quantitative estimate of drug-likeness (QED) is 0.489. The molecule has 5 nitrogen and oxygen atoms in total. The molecule has 1 heterocycles. The van der Waals surface area contributed by atoms with Crippen LogP contribution in [0.4, 0.5) is 0 Å². The summed E-state index contributed by atoms with van der Waals surface area (Å²) in [6.07, 6.45) is 6.25. The molecule has 2 aromatic rings. The molecule has 2 rings (SSSR count). The van der Waals surface area contributed by atoms with E-state index in [-0.39, 0.29) is 11.5 Å². The van der Waals surface area contributed by atoms with Gasteiger partial charge in [0.25, 0.3) is 0 Å². The van der Waals surface area contributed by atoms with E-state index in [1.165, 1.54) is 12.3 Å². The van der Waals surface area contributed by atoms with Crippen LogP contribution in [0.5, 0.6) is 11.5 Å². The van der Waals surface area contributed by atoms with Crippen molar-refractivity contribution in [2.75, 3.05) is 0 Å². The maximum atomic E-state index is 9.51. The van der Waals surface area contributed by atoms with Crippen LogP contribution in [0, 0.1) is 0 Å². The first-order valence-corrected chi connectivity index (χ1v) is 5.25. The van der Waals surface area contributed by atoms with Gasteiger partial charge in [-0.3, -0.25) is 4.98 Å². The van der Waals surface area contributed by atoms with Crippen LogP contribution in [0.1, 0.15) is 11.1 Å². The summed E-state index contributed by atoms with van der Waals surface area (Å²) in [6.45, 7) is 0. The molecule has 0 saturated carbocycles. The van der Waals surface area contributed by atoms with Crippen molar-refractivity contribution in [1.82, 2.24) is 4.98 Å². The third kappa shape index (κ3) is 2.91. The number of phenols is 2. The molecule has 0 aliphatic heterocycles. The minimum atomic E-state index is -0.208. The van der Waals surface area contributed by atoms with Crippen LogP contribution >= 0.6 is 0 Å². The smallest absolute Gasteiger partial charge is 0.166 e. The monoisotopic (exact) mass is 241 g/mol. The fourth-order valence-corrected chi connectivity index (χ4v) is 1.30. The molecular formula is C13H11N3O2. The second-order valence-corrected chi connectivity index (χ2v) is 3.48. The van der Waals surface area contributed by atoms with E-state index in [1.807, 2.05) is 0 Å². The van der Waals surface area contributed by atoms with E-state index in [1.54, 1.807) is 42.9 Å². The number of nitrogens with zero attached hydrogens (tertiary/aromatic N) is 3. The number of benzene rings is 1. The topological polar surface area (TPSA) is 78.1 Å². The van der Waals surface area contributed by atoms with Gasteiger partial charge in [0, 0.05) is 18.0 Å².